The lowest BCUT2D eigenvalue weighted by Crippen LogP contribution is -2.37. The third-order valence-corrected chi connectivity index (χ3v) is 3.14. The van der Waals surface area contributed by atoms with E-state index in [0.717, 1.165) is 23.1 Å². The fourth-order valence-electron chi connectivity index (χ4n) is 1.69. The van der Waals surface area contributed by atoms with Gasteiger partial charge in [-0.3, -0.25) is 4.68 Å². The van der Waals surface area contributed by atoms with E-state index in [9.17, 15) is 0 Å². The summed E-state index contributed by atoms with van der Waals surface area (Å²) in [5.74, 6) is 0. The number of hydrogen-bond acceptors (Lipinski definition) is 4. The van der Waals surface area contributed by atoms with Crippen molar-refractivity contribution in [3.63, 3.8) is 0 Å². The van der Waals surface area contributed by atoms with Crippen LogP contribution in [0, 0.1) is 5.41 Å². The van der Waals surface area contributed by atoms with E-state index in [4.69, 9.17) is 5.73 Å². The molecule has 0 fully saturated rings. The molecule has 1 atom stereocenters. The Kier molecular flexibility index (Phi) is 2.87. The lowest BCUT2D eigenvalue weighted by molar-refractivity contribution is 0.317. The average Bonchev–Trinajstić information content (AvgIpc) is 2.60. The number of fused-ring (bicyclic) bond motifs is 1. The summed E-state index contributed by atoms with van der Waals surface area (Å²) in [5, 5.41) is 5.19. The third kappa shape index (κ3) is 2.29. The van der Waals surface area contributed by atoms with Crippen LogP contribution in [0.4, 0.5) is 0 Å². The van der Waals surface area contributed by atoms with Crippen molar-refractivity contribution >= 4 is 11.0 Å². The zero-order valence-corrected chi connectivity index (χ0v) is 10.8. The maximum absolute atomic E-state index is 6.19. The fourth-order valence-corrected chi connectivity index (χ4v) is 1.69. The van der Waals surface area contributed by atoms with Crippen molar-refractivity contribution in [2.24, 2.45) is 18.2 Å². The van der Waals surface area contributed by atoms with E-state index in [1.165, 1.54) is 0 Å². The van der Waals surface area contributed by atoms with Gasteiger partial charge in [0.25, 0.3) is 0 Å². The van der Waals surface area contributed by atoms with E-state index in [1.54, 1.807) is 17.2 Å². The predicted molar refractivity (Wildman–Crippen MR) is 67.4 cm³/mol. The van der Waals surface area contributed by atoms with Crippen molar-refractivity contribution in [3.8, 4) is 0 Å². The highest BCUT2D eigenvalue weighted by Gasteiger charge is 2.22. The van der Waals surface area contributed by atoms with Crippen molar-refractivity contribution in [2.45, 2.75) is 33.2 Å². The van der Waals surface area contributed by atoms with Crippen molar-refractivity contribution in [1.82, 2.24) is 19.7 Å². The molecule has 2 aromatic rings. The highest BCUT2D eigenvalue weighted by molar-refractivity contribution is 5.76. The molecule has 2 rings (SSSR count). The number of nitrogens with zero attached hydrogens (tertiary/aromatic N) is 4. The zero-order valence-electron chi connectivity index (χ0n) is 10.8. The Morgan fingerprint density at radius 3 is 2.71 bits per heavy atom. The van der Waals surface area contributed by atoms with Crippen molar-refractivity contribution in [3.05, 3.63) is 18.2 Å². The topological polar surface area (TPSA) is 69.6 Å². The second-order valence-corrected chi connectivity index (χ2v) is 5.50. The molecule has 1 unspecified atom stereocenters. The molecular weight excluding hydrogens is 214 g/mol. The Labute approximate surface area is 101 Å². The van der Waals surface area contributed by atoms with Gasteiger partial charge in [0.1, 0.15) is 6.33 Å². The van der Waals surface area contributed by atoms with Crippen molar-refractivity contribution in [1.29, 1.82) is 0 Å². The normalized spacial score (nSPS) is 14.2. The van der Waals surface area contributed by atoms with Crippen LogP contribution in [0.3, 0.4) is 0 Å². The molecule has 17 heavy (non-hydrogen) atoms. The molecule has 0 amide bonds. The summed E-state index contributed by atoms with van der Waals surface area (Å²) < 4.78 is 1.75. The minimum absolute atomic E-state index is 0.0689. The molecule has 2 heterocycles. The second kappa shape index (κ2) is 4.07. The van der Waals surface area contributed by atoms with Gasteiger partial charge in [-0.1, -0.05) is 20.8 Å². The fraction of sp³-hybridized carbons (Fsp3) is 0.583. The van der Waals surface area contributed by atoms with E-state index in [0.29, 0.717) is 0 Å². The van der Waals surface area contributed by atoms with Gasteiger partial charge in [-0.15, -0.1) is 0 Å². The maximum Gasteiger partial charge on any atom is 0.161 e. The summed E-state index contributed by atoms with van der Waals surface area (Å²) in [6, 6.07) is 0.0702. The van der Waals surface area contributed by atoms with Crippen molar-refractivity contribution in [2.75, 3.05) is 0 Å². The first-order chi connectivity index (χ1) is 7.89. The summed E-state index contributed by atoms with van der Waals surface area (Å²) >= 11 is 0. The number of aromatic nitrogens is 4. The quantitative estimate of drug-likeness (QED) is 0.848. The van der Waals surface area contributed by atoms with Gasteiger partial charge < -0.3 is 5.73 Å². The molecule has 0 radical (unpaired) electrons. The molecule has 0 aliphatic heterocycles. The molecule has 0 saturated carbocycles. The number of nitrogens with two attached hydrogens (primary N) is 1. The highest BCUT2D eigenvalue weighted by Crippen LogP contribution is 2.22. The lowest BCUT2D eigenvalue weighted by atomic mass is 9.84. The standard InChI is InChI=1S/C12H19N5/c1-12(2,3)10(13)5-9-8-6-16-17(4)11(8)15-7-14-9/h6-7,10H,5,13H2,1-4H3. The second-order valence-electron chi connectivity index (χ2n) is 5.50. The van der Waals surface area contributed by atoms with Gasteiger partial charge in [-0.2, -0.15) is 5.10 Å². The van der Waals surface area contributed by atoms with E-state index in [1.807, 2.05) is 7.05 Å². The van der Waals surface area contributed by atoms with Crippen LogP contribution in [-0.4, -0.2) is 25.8 Å². The SMILES string of the molecule is Cn1ncc2c(CC(N)C(C)(C)C)ncnc21. The van der Waals surface area contributed by atoms with Crippen LogP contribution in [0.5, 0.6) is 0 Å². The molecule has 0 spiro atoms. The molecule has 2 aromatic heterocycles. The smallest absolute Gasteiger partial charge is 0.161 e. The summed E-state index contributed by atoms with van der Waals surface area (Å²) in [4.78, 5) is 8.55. The Hall–Kier alpha value is -1.49. The zero-order chi connectivity index (χ0) is 12.6. The third-order valence-electron chi connectivity index (χ3n) is 3.14. The van der Waals surface area contributed by atoms with Crippen LogP contribution in [0.25, 0.3) is 11.0 Å². The van der Waals surface area contributed by atoms with Crippen LogP contribution in [-0.2, 0) is 13.5 Å². The summed E-state index contributed by atoms with van der Waals surface area (Å²) in [5.41, 5.74) is 8.10. The summed E-state index contributed by atoms with van der Waals surface area (Å²) in [6.07, 6.45) is 4.13. The largest absolute Gasteiger partial charge is 0.327 e. The minimum atomic E-state index is 0.0689. The van der Waals surface area contributed by atoms with Gasteiger partial charge >= 0.3 is 0 Å². The average molecular weight is 233 g/mol. The summed E-state index contributed by atoms with van der Waals surface area (Å²) in [7, 11) is 1.88. The monoisotopic (exact) mass is 233 g/mol. The van der Waals surface area contributed by atoms with Gasteiger partial charge in [-0.25, -0.2) is 9.97 Å². The van der Waals surface area contributed by atoms with Gasteiger partial charge in [0.05, 0.1) is 17.3 Å². The van der Waals surface area contributed by atoms with Gasteiger partial charge in [0.15, 0.2) is 5.65 Å². The first-order valence-electron chi connectivity index (χ1n) is 5.77. The number of aryl methyl sites for hydroxylation is 1. The van der Waals surface area contributed by atoms with E-state index < -0.39 is 0 Å². The lowest BCUT2D eigenvalue weighted by Gasteiger charge is -2.26. The molecule has 0 bridgehead atoms. The molecule has 0 aliphatic carbocycles. The first-order valence-corrected chi connectivity index (χ1v) is 5.77. The van der Waals surface area contributed by atoms with Crippen LogP contribution < -0.4 is 5.73 Å². The molecule has 0 aromatic carbocycles. The Bertz CT molecular complexity index is 523. The van der Waals surface area contributed by atoms with Gasteiger partial charge in [0, 0.05) is 19.5 Å². The van der Waals surface area contributed by atoms with Crippen LogP contribution in [0.15, 0.2) is 12.5 Å². The Morgan fingerprint density at radius 1 is 1.35 bits per heavy atom. The molecule has 92 valence electrons. The molecular formula is C12H19N5. The van der Waals surface area contributed by atoms with Gasteiger partial charge in [-0.05, 0) is 5.41 Å². The van der Waals surface area contributed by atoms with E-state index in [-0.39, 0.29) is 11.5 Å². The van der Waals surface area contributed by atoms with Crippen LogP contribution in [0.1, 0.15) is 26.5 Å². The van der Waals surface area contributed by atoms with E-state index >= 15 is 0 Å². The molecule has 2 N–H and O–H groups in total. The van der Waals surface area contributed by atoms with Crippen LogP contribution >= 0.6 is 0 Å². The minimum Gasteiger partial charge on any atom is -0.327 e. The molecule has 5 heteroatoms. The Morgan fingerprint density at radius 2 is 2.06 bits per heavy atom. The molecule has 5 nitrogen and oxygen atoms in total. The molecule has 0 saturated heterocycles. The van der Waals surface area contributed by atoms with Crippen LogP contribution in [0.2, 0.25) is 0 Å². The first kappa shape index (κ1) is 12.0. The Balaban J connectivity index is 2.37. The van der Waals surface area contributed by atoms with Gasteiger partial charge in [0.2, 0.25) is 0 Å². The summed E-state index contributed by atoms with van der Waals surface area (Å²) in [6.45, 7) is 6.41. The maximum atomic E-state index is 6.19. The number of rotatable bonds is 2. The highest BCUT2D eigenvalue weighted by atomic mass is 15.3. The predicted octanol–water partition coefficient (Wildman–Crippen LogP) is 1.28. The van der Waals surface area contributed by atoms with Crippen molar-refractivity contribution < 1.29 is 0 Å². The van der Waals surface area contributed by atoms with E-state index in [2.05, 4.69) is 35.8 Å². The molecule has 0 aliphatic rings. The number of hydrogen-bond donors (Lipinski definition) is 1.